The molecule has 22 heavy (non-hydrogen) atoms. The van der Waals surface area contributed by atoms with Gasteiger partial charge in [-0.15, -0.1) is 0 Å². The van der Waals surface area contributed by atoms with Crippen LogP contribution < -0.4 is 4.74 Å². The zero-order chi connectivity index (χ0) is 15.5. The van der Waals surface area contributed by atoms with Gasteiger partial charge in [-0.3, -0.25) is 4.79 Å². The molecule has 0 spiro atoms. The van der Waals surface area contributed by atoms with E-state index in [-0.39, 0.29) is 5.91 Å². The Morgan fingerprint density at radius 1 is 1.14 bits per heavy atom. The maximum Gasteiger partial charge on any atom is 0.263 e. The van der Waals surface area contributed by atoms with E-state index in [2.05, 4.69) is 22.0 Å². The summed E-state index contributed by atoms with van der Waals surface area (Å²) < 4.78 is 6.84. The molecule has 3 rings (SSSR count). The first-order chi connectivity index (χ1) is 10.7. The lowest BCUT2D eigenvalue weighted by molar-refractivity contribution is -0.138. The van der Waals surface area contributed by atoms with Crippen LogP contribution in [0.5, 0.6) is 5.75 Å². The van der Waals surface area contributed by atoms with Gasteiger partial charge in [0.15, 0.2) is 6.10 Å². The topological polar surface area (TPSA) is 29.5 Å². The van der Waals surface area contributed by atoms with E-state index in [1.807, 2.05) is 42.2 Å². The number of hydrogen-bond acceptors (Lipinski definition) is 2. The van der Waals surface area contributed by atoms with Crippen LogP contribution in [0.25, 0.3) is 10.8 Å². The number of likely N-dealkylation sites (tertiary alicyclic amines) is 1. The summed E-state index contributed by atoms with van der Waals surface area (Å²) in [6.45, 7) is 3.54. The highest BCUT2D eigenvalue weighted by Gasteiger charge is 2.24. The van der Waals surface area contributed by atoms with Crippen molar-refractivity contribution in [3.63, 3.8) is 0 Å². The number of rotatable bonds is 3. The average Bonchev–Trinajstić information content (AvgIpc) is 2.57. The SMILES string of the molecule is C[C@@H](Oc1ccc2ccccc2c1Br)C(=O)N1CCCCC1. The van der Waals surface area contributed by atoms with Gasteiger partial charge in [-0.2, -0.15) is 0 Å². The quantitative estimate of drug-likeness (QED) is 0.811. The van der Waals surface area contributed by atoms with E-state index < -0.39 is 6.10 Å². The molecule has 1 aliphatic heterocycles. The maximum absolute atomic E-state index is 12.5. The first kappa shape index (κ1) is 15.3. The van der Waals surface area contributed by atoms with Gasteiger partial charge in [-0.1, -0.05) is 30.3 Å². The zero-order valence-corrected chi connectivity index (χ0v) is 14.3. The number of carbonyl (C=O) groups is 1. The Balaban J connectivity index is 1.77. The van der Waals surface area contributed by atoms with E-state index in [1.165, 1.54) is 6.42 Å². The Hall–Kier alpha value is -1.55. The molecule has 0 aliphatic carbocycles. The van der Waals surface area contributed by atoms with Crippen molar-refractivity contribution in [2.24, 2.45) is 0 Å². The number of piperidine rings is 1. The molecule has 0 unspecified atom stereocenters. The highest BCUT2D eigenvalue weighted by molar-refractivity contribution is 9.10. The van der Waals surface area contributed by atoms with Gasteiger partial charge in [0.1, 0.15) is 5.75 Å². The van der Waals surface area contributed by atoms with Crippen molar-refractivity contribution in [1.82, 2.24) is 4.90 Å². The molecule has 1 fully saturated rings. The number of benzene rings is 2. The number of hydrogen-bond donors (Lipinski definition) is 0. The van der Waals surface area contributed by atoms with E-state index in [0.717, 1.165) is 46.9 Å². The number of carbonyl (C=O) groups excluding carboxylic acids is 1. The van der Waals surface area contributed by atoms with Crippen molar-refractivity contribution in [2.45, 2.75) is 32.3 Å². The van der Waals surface area contributed by atoms with Crippen LogP contribution in [0.2, 0.25) is 0 Å². The van der Waals surface area contributed by atoms with Crippen molar-refractivity contribution < 1.29 is 9.53 Å². The third-order valence-electron chi connectivity index (χ3n) is 4.15. The van der Waals surface area contributed by atoms with E-state index >= 15 is 0 Å². The molecule has 4 heteroatoms. The van der Waals surface area contributed by atoms with Crippen LogP contribution in [0, 0.1) is 0 Å². The lowest BCUT2D eigenvalue weighted by Crippen LogP contribution is -2.43. The molecule has 116 valence electrons. The van der Waals surface area contributed by atoms with Crippen molar-refractivity contribution in [3.05, 3.63) is 40.9 Å². The van der Waals surface area contributed by atoms with Gasteiger partial charge in [0.2, 0.25) is 0 Å². The van der Waals surface area contributed by atoms with E-state index in [4.69, 9.17) is 4.74 Å². The van der Waals surface area contributed by atoms with E-state index in [1.54, 1.807) is 0 Å². The molecular weight excluding hydrogens is 342 g/mol. The fourth-order valence-electron chi connectivity index (χ4n) is 2.92. The van der Waals surface area contributed by atoms with Crippen molar-refractivity contribution in [2.75, 3.05) is 13.1 Å². The van der Waals surface area contributed by atoms with Gasteiger partial charge in [-0.25, -0.2) is 0 Å². The first-order valence-corrected chi connectivity index (χ1v) is 8.59. The van der Waals surface area contributed by atoms with Crippen LogP contribution in [0.4, 0.5) is 0 Å². The van der Waals surface area contributed by atoms with Gasteiger partial charge in [-0.05, 0) is 59.0 Å². The van der Waals surface area contributed by atoms with E-state index in [0.29, 0.717) is 0 Å². The molecule has 0 radical (unpaired) electrons. The second-order valence-corrected chi connectivity index (χ2v) is 6.54. The number of nitrogens with zero attached hydrogens (tertiary/aromatic N) is 1. The van der Waals surface area contributed by atoms with Crippen LogP contribution >= 0.6 is 15.9 Å². The van der Waals surface area contributed by atoms with Crippen LogP contribution in [-0.2, 0) is 4.79 Å². The molecule has 0 aromatic heterocycles. The third kappa shape index (κ3) is 3.12. The number of amides is 1. The molecule has 1 heterocycles. The predicted octanol–water partition coefficient (Wildman–Crippen LogP) is 4.38. The first-order valence-electron chi connectivity index (χ1n) is 7.79. The minimum Gasteiger partial charge on any atom is -0.480 e. The second kappa shape index (κ2) is 6.69. The summed E-state index contributed by atoms with van der Waals surface area (Å²) in [4.78, 5) is 14.4. The van der Waals surface area contributed by atoms with Crippen LogP contribution in [0.3, 0.4) is 0 Å². The van der Waals surface area contributed by atoms with Gasteiger partial charge in [0.25, 0.3) is 5.91 Å². The molecule has 1 saturated heterocycles. The predicted molar refractivity (Wildman–Crippen MR) is 92.2 cm³/mol. The molecule has 2 aromatic rings. The van der Waals surface area contributed by atoms with Crippen molar-refractivity contribution >= 4 is 32.6 Å². The summed E-state index contributed by atoms with van der Waals surface area (Å²) in [7, 11) is 0. The summed E-state index contributed by atoms with van der Waals surface area (Å²) in [5.74, 6) is 0.802. The summed E-state index contributed by atoms with van der Waals surface area (Å²) in [5, 5.41) is 2.24. The van der Waals surface area contributed by atoms with Crippen LogP contribution in [-0.4, -0.2) is 30.0 Å². The van der Waals surface area contributed by atoms with E-state index in [9.17, 15) is 4.79 Å². The Bertz CT molecular complexity index is 680. The molecule has 2 aromatic carbocycles. The summed E-state index contributed by atoms with van der Waals surface area (Å²) in [6, 6.07) is 12.1. The monoisotopic (exact) mass is 361 g/mol. The lowest BCUT2D eigenvalue weighted by atomic mass is 10.1. The molecular formula is C18H20BrNO2. The Morgan fingerprint density at radius 3 is 2.64 bits per heavy atom. The molecule has 0 saturated carbocycles. The largest absolute Gasteiger partial charge is 0.480 e. The lowest BCUT2D eigenvalue weighted by Gasteiger charge is -2.29. The normalized spacial score (nSPS) is 16.5. The molecule has 1 amide bonds. The third-order valence-corrected chi connectivity index (χ3v) is 4.97. The van der Waals surface area contributed by atoms with Crippen LogP contribution in [0.1, 0.15) is 26.2 Å². The van der Waals surface area contributed by atoms with Crippen molar-refractivity contribution in [1.29, 1.82) is 0 Å². The smallest absolute Gasteiger partial charge is 0.263 e. The van der Waals surface area contributed by atoms with Gasteiger partial charge >= 0.3 is 0 Å². The number of halogens is 1. The number of fused-ring (bicyclic) bond motifs is 1. The fourth-order valence-corrected chi connectivity index (χ4v) is 3.50. The Kier molecular flexibility index (Phi) is 4.67. The fraction of sp³-hybridized carbons (Fsp3) is 0.389. The van der Waals surface area contributed by atoms with Gasteiger partial charge < -0.3 is 9.64 Å². The molecule has 1 aliphatic rings. The Labute approximate surface area is 139 Å². The molecule has 3 nitrogen and oxygen atoms in total. The molecule has 0 N–H and O–H groups in total. The second-order valence-electron chi connectivity index (χ2n) is 5.74. The summed E-state index contributed by atoms with van der Waals surface area (Å²) in [6.07, 6.45) is 2.95. The van der Waals surface area contributed by atoms with Gasteiger partial charge in [0.05, 0.1) is 4.47 Å². The number of ether oxygens (including phenoxy) is 1. The Morgan fingerprint density at radius 2 is 1.86 bits per heavy atom. The molecule has 0 bridgehead atoms. The zero-order valence-electron chi connectivity index (χ0n) is 12.7. The standard InChI is InChI=1S/C18H20BrNO2/c1-13(18(21)20-11-5-2-6-12-20)22-16-10-9-14-7-3-4-8-15(14)17(16)19/h3-4,7-10,13H,2,5-6,11-12H2,1H3/t13-/m1/s1. The minimum absolute atomic E-state index is 0.0831. The average molecular weight is 362 g/mol. The van der Waals surface area contributed by atoms with Gasteiger partial charge in [0, 0.05) is 13.1 Å². The maximum atomic E-state index is 12.5. The van der Waals surface area contributed by atoms with Crippen LogP contribution in [0.15, 0.2) is 40.9 Å². The summed E-state index contributed by atoms with van der Waals surface area (Å²) >= 11 is 3.61. The highest BCUT2D eigenvalue weighted by Crippen LogP contribution is 2.33. The summed E-state index contributed by atoms with van der Waals surface area (Å²) in [5.41, 5.74) is 0. The van der Waals surface area contributed by atoms with Crippen molar-refractivity contribution in [3.8, 4) is 5.75 Å². The minimum atomic E-state index is -0.462. The highest BCUT2D eigenvalue weighted by atomic mass is 79.9. The molecule has 1 atom stereocenters.